The van der Waals surface area contributed by atoms with Crippen LogP contribution in [-0.2, 0) is 6.67 Å². The van der Waals surface area contributed by atoms with Gasteiger partial charge in [0.25, 0.3) is 0 Å². The average molecular weight is 625 g/mol. The van der Waals surface area contributed by atoms with Crippen molar-refractivity contribution >= 4 is 22.1 Å². The van der Waals surface area contributed by atoms with E-state index in [-0.39, 0.29) is 12.1 Å². The third-order valence-electron chi connectivity index (χ3n) is 10.3. The fourth-order valence-corrected chi connectivity index (χ4v) is 7.97. The Morgan fingerprint density at radius 1 is 0.660 bits per heavy atom. The summed E-state index contributed by atoms with van der Waals surface area (Å²) in [7, 11) is 0. The van der Waals surface area contributed by atoms with Gasteiger partial charge in [-0.3, -0.25) is 9.36 Å². The van der Waals surface area contributed by atoms with Crippen LogP contribution >= 0.6 is 0 Å². The van der Waals surface area contributed by atoms with E-state index in [1.54, 1.807) is 12.7 Å². The van der Waals surface area contributed by atoms with Crippen molar-refractivity contribution < 1.29 is 0 Å². The van der Waals surface area contributed by atoms with Gasteiger partial charge in [0, 0.05) is 46.7 Å². The van der Waals surface area contributed by atoms with Crippen LogP contribution in [0.1, 0.15) is 76.3 Å². The van der Waals surface area contributed by atoms with Crippen LogP contribution < -0.4 is 0 Å². The Balaban J connectivity index is 1.07. The minimum Gasteiger partial charge on any atom is -0.314 e. The molecule has 12 heteroatoms. The maximum absolute atomic E-state index is 9.51. The highest BCUT2D eigenvalue weighted by Crippen LogP contribution is 2.38. The Labute approximate surface area is 272 Å². The van der Waals surface area contributed by atoms with Crippen LogP contribution in [0.25, 0.3) is 44.6 Å². The number of aromatic nitrogens is 10. The van der Waals surface area contributed by atoms with E-state index in [9.17, 15) is 10.5 Å². The predicted molar refractivity (Wildman–Crippen MR) is 175 cm³/mol. The monoisotopic (exact) mass is 624 g/mol. The maximum atomic E-state index is 9.51. The lowest BCUT2D eigenvalue weighted by atomic mass is 9.96. The number of nitriles is 2. The third kappa shape index (κ3) is 5.34. The van der Waals surface area contributed by atoms with E-state index in [1.165, 1.54) is 25.7 Å². The molecule has 0 radical (unpaired) electrons. The first-order valence-corrected chi connectivity index (χ1v) is 16.6. The first-order chi connectivity index (χ1) is 23.2. The molecule has 2 fully saturated rings. The predicted octanol–water partition coefficient (Wildman–Crippen LogP) is 6.70. The second kappa shape index (κ2) is 12.4. The van der Waals surface area contributed by atoms with Crippen LogP contribution in [0, 0.1) is 34.5 Å². The molecule has 0 bridgehead atoms. The Hall–Kier alpha value is -5.36. The molecular formula is C35H36N12. The molecule has 2 aliphatic rings. The van der Waals surface area contributed by atoms with Crippen molar-refractivity contribution in [1.82, 2.24) is 48.6 Å². The van der Waals surface area contributed by atoms with E-state index in [4.69, 9.17) is 10.2 Å². The summed E-state index contributed by atoms with van der Waals surface area (Å²) in [4.78, 5) is 18.6. The summed E-state index contributed by atoms with van der Waals surface area (Å²) in [5.74, 6) is 0.978. The zero-order chi connectivity index (χ0) is 31.7. The quantitative estimate of drug-likeness (QED) is 0.164. The molecule has 236 valence electrons. The van der Waals surface area contributed by atoms with Gasteiger partial charge in [-0.25, -0.2) is 19.9 Å². The number of hydrogen-bond donors (Lipinski definition) is 0. The highest BCUT2D eigenvalue weighted by molar-refractivity contribution is 5.91. The SMILES string of the molecule is N#CCC(C1CCCC1)n1cc(-c2ncnc3c2ccn3Cn2ccc3c(-c4cnn(C(CC#N)C5CCCC5)c4)ncnc32)cn1. The molecule has 2 saturated carbocycles. The summed E-state index contributed by atoms with van der Waals surface area (Å²) in [6.07, 6.45) is 25.5. The van der Waals surface area contributed by atoms with Crippen LogP contribution in [0.2, 0.25) is 0 Å². The van der Waals surface area contributed by atoms with Crippen molar-refractivity contribution in [1.29, 1.82) is 10.5 Å². The summed E-state index contributed by atoms with van der Waals surface area (Å²) in [5.41, 5.74) is 5.14. The van der Waals surface area contributed by atoms with Crippen molar-refractivity contribution in [3.8, 4) is 34.7 Å². The second-order valence-corrected chi connectivity index (χ2v) is 13.0. The summed E-state index contributed by atoms with van der Waals surface area (Å²) in [6.45, 7) is 0.510. The van der Waals surface area contributed by atoms with Crippen molar-refractivity contribution in [3.63, 3.8) is 0 Å². The van der Waals surface area contributed by atoms with Gasteiger partial charge in [-0.05, 0) is 49.7 Å². The first-order valence-electron chi connectivity index (χ1n) is 16.6. The highest BCUT2D eigenvalue weighted by atomic mass is 15.3. The summed E-state index contributed by atoms with van der Waals surface area (Å²) in [5, 5.41) is 30.3. The van der Waals surface area contributed by atoms with Crippen LogP contribution in [0.15, 0.2) is 62.0 Å². The molecule has 6 aromatic rings. The first kappa shape index (κ1) is 29.1. The molecule has 12 nitrogen and oxygen atoms in total. The molecule has 2 unspecified atom stereocenters. The van der Waals surface area contributed by atoms with Crippen LogP contribution in [-0.4, -0.2) is 48.6 Å². The van der Waals surface area contributed by atoms with Gasteiger partial charge in [0.2, 0.25) is 0 Å². The molecule has 0 aromatic carbocycles. The fraction of sp³-hybridized carbons (Fsp3) is 0.429. The molecule has 2 atom stereocenters. The maximum Gasteiger partial charge on any atom is 0.145 e. The fourth-order valence-electron chi connectivity index (χ4n) is 7.97. The molecule has 6 heterocycles. The zero-order valence-corrected chi connectivity index (χ0v) is 26.2. The third-order valence-corrected chi connectivity index (χ3v) is 10.3. The van der Waals surface area contributed by atoms with Gasteiger partial charge in [-0.15, -0.1) is 0 Å². The van der Waals surface area contributed by atoms with E-state index in [1.807, 2.05) is 58.7 Å². The molecular weight excluding hydrogens is 588 g/mol. The topological polar surface area (TPSA) is 145 Å². The molecule has 0 spiro atoms. The largest absolute Gasteiger partial charge is 0.314 e. The second-order valence-electron chi connectivity index (χ2n) is 13.0. The average Bonchev–Trinajstić information content (AvgIpc) is 3.94. The van der Waals surface area contributed by atoms with Crippen molar-refractivity contribution in [2.24, 2.45) is 11.8 Å². The Kier molecular flexibility index (Phi) is 7.70. The van der Waals surface area contributed by atoms with Gasteiger partial charge in [0.05, 0.1) is 60.8 Å². The standard InChI is InChI=1S/C35H36N12/c36-13-9-30(24-5-1-2-6-24)46-19-26(17-42-46)32-28-11-15-44(34(28)40-21-38-32)23-45-16-12-29-33(39-22-41-35(29)45)27-18-43-47(20-27)31(10-14-37)25-7-3-4-8-25/h11-12,15-22,24-25,30-31H,1-10,23H2. The van der Waals surface area contributed by atoms with Crippen molar-refractivity contribution in [2.45, 2.75) is 83.0 Å². The molecule has 6 aromatic heterocycles. The summed E-state index contributed by atoms with van der Waals surface area (Å²) >= 11 is 0. The van der Waals surface area contributed by atoms with E-state index in [2.05, 4.69) is 41.2 Å². The molecule has 47 heavy (non-hydrogen) atoms. The molecule has 8 rings (SSSR count). The Morgan fingerprint density at radius 3 is 1.53 bits per heavy atom. The minimum atomic E-state index is 0.0905. The lowest BCUT2D eigenvalue weighted by Gasteiger charge is -2.21. The summed E-state index contributed by atoms with van der Waals surface area (Å²) < 4.78 is 8.14. The molecule has 0 N–H and O–H groups in total. The van der Waals surface area contributed by atoms with Gasteiger partial charge < -0.3 is 9.13 Å². The molecule has 0 amide bonds. The lowest BCUT2D eigenvalue weighted by Crippen LogP contribution is -2.17. The Bertz CT molecular complexity index is 1950. The zero-order valence-electron chi connectivity index (χ0n) is 26.2. The van der Waals surface area contributed by atoms with E-state index in [0.717, 1.165) is 70.3 Å². The van der Waals surface area contributed by atoms with Gasteiger partial charge in [0.15, 0.2) is 0 Å². The summed E-state index contributed by atoms with van der Waals surface area (Å²) in [6, 6.07) is 9.03. The normalized spacial score (nSPS) is 17.0. The van der Waals surface area contributed by atoms with Gasteiger partial charge >= 0.3 is 0 Å². The van der Waals surface area contributed by atoms with Crippen LogP contribution in [0.4, 0.5) is 0 Å². The van der Waals surface area contributed by atoms with Crippen molar-refractivity contribution in [3.05, 3.63) is 62.0 Å². The van der Waals surface area contributed by atoms with Gasteiger partial charge in [-0.2, -0.15) is 20.7 Å². The van der Waals surface area contributed by atoms with Crippen LogP contribution in [0.5, 0.6) is 0 Å². The van der Waals surface area contributed by atoms with E-state index >= 15 is 0 Å². The van der Waals surface area contributed by atoms with Gasteiger partial charge in [0.1, 0.15) is 30.6 Å². The van der Waals surface area contributed by atoms with Gasteiger partial charge in [-0.1, -0.05) is 25.7 Å². The molecule has 2 aliphatic carbocycles. The minimum absolute atomic E-state index is 0.0905. The number of hydrogen-bond acceptors (Lipinski definition) is 8. The number of fused-ring (bicyclic) bond motifs is 2. The number of nitrogens with zero attached hydrogens (tertiary/aromatic N) is 12. The van der Waals surface area contributed by atoms with E-state index in [0.29, 0.717) is 31.3 Å². The highest BCUT2D eigenvalue weighted by Gasteiger charge is 2.29. The number of rotatable bonds is 10. The van der Waals surface area contributed by atoms with Crippen LogP contribution in [0.3, 0.4) is 0 Å². The van der Waals surface area contributed by atoms with Crippen molar-refractivity contribution in [2.75, 3.05) is 0 Å². The smallest absolute Gasteiger partial charge is 0.145 e. The Morgan fingerprint density at radius 2 is 1.11 bits per heavy atom. The molecule has 0 saturated heterocycles. The molecule has 0 aliphatic heterocycles. The van der Waals surface area contributed by atoms with E-state index < -0.39 is 0 Å². The lowest BCUT2D eigenvalue weighted by molar-refractivity contribution is 0.315.